The average molecular weight is 444 g/mol. The van der Waals surface area contributed by atoms with Gasteiger partial charge in [0.15, 0.2) is 0 Å². The van der Waals surface area contributed by atoms with Crippen molar-refractivity contribution in [3.05, 3.63) is 41.9 Å². The third kappa shape index (κ3) is 8.75. The Labute approximate surface area is 193 Å². The molecule has 0 atom stereocenters. The van der Waals surface area contributed by atoms with Crippen LogP contribution >= 0.6 is 0 Å². The molecule has 0 saturated heterocycles. The first kappa shape index (κ1) is 26.1. The molecule has 0 fully saturated rings. The van der Waals surface area contributed by atoms with Gasteiger partial charge in [-0.3, -0.25) is 4.79 Å². The zero-order valence-corrected chi connectivity index (χ0v) is 20.3. The Morgan fingerprint density at radius 3 is 2.38 bits per heavy atom. The number of aromatic nitrogens is 2. The number of ether oxygens (including phenoxy) is 2. The van der Waals surface area contributed by atoms with Gasteiger partial charge in [0.1, 0.15) is 5.82 Å². The van der Waals surface area contributed by atoms with E-state index in [2.05, 4.69) is 53.4 Å². The maximum Gasteiger partial charge on any atom is 0.219 e. The summed E-state index contributed by atoms with van der Waals surface area (Å²) in [7, 11) is 3.37. The van der Waals surface area contributed by atoms with Crippen molar-refractivity contribution < 1.29 is 14.3 Å². The minimum absolute atomic E-state index is 0.0925. The highest BCUT2D eigenvalue weighted by Crippen LogP contribution is 2.22. The van der Waals surface area contributed by atoms with Gasteiger partial charge in [-0.1, -0.05) is 51.0 Å². The van der Waals surface area contributed by atoms with Crippen molar-refractivity contribution in [2.45, 2.75) is 64.7 Å². The molecule has 6 nitrogen and oxygen atoms in total. The zero-order chi connectivity index (χ0) is 23.2. The maximum atomic E-state index is 12.0. The van der Waals surface area contributed by atoms with E-state index < -0.39 is 0 Å². The fourth-order valence-electron chi connectivity index (χ4n) is 3.97. The number of amides is 1. The number of rotatable bonds is 16. The summed E-state index contributed by atoms with van der Waals surface area (Å²) in [6.07, 6.45) is 8.87. The van der Waals surface area contributed by atoms with Crippen LogP contribution in [0.3, 0.4) is 0 Å². The van der Waals surface area contributed by atoms with Gasteiger partial charge in [-0.25, -0.2) is 4.98 Å². The molecule has 0 unspecified atom stereocenters. The Balaban J connectivity index is 1.74. The molecule has 2 rings (SSSR count). The summed E-state index contributed by atoms with van der Waals surface area (Å²) in [5.74, 6) is 1.88. The van der Waals surface area contributed by atoms with Crippen LogP contribution < -0.4 is 5.32 Å². The van der Waals surface area contributed by atoms with Crippen LogP contribution in [0.1, 0.15) is 69.7 Å². The Morgan fingerprint density at radius 1 is 1.06 bits per heavy atom. The predicted molar refractivity (Wildman–Crippen MR) is 130 cm³/mol. The highest BCUT2D eigenvalue weighted by atomic mass is 16.5. The molecule has 0 saturated carbocycles. The van der Waals surface area contributed by atoms with E-state index in [1.807, 2.05) is 6.20 Å². The molecule has 1 aromatic heterocycles. The number of H-pyrrole nitrogens is 1. The van der Waals surface area contributed by atoms with Crippen LogP contribution in [0.4, 0.5) is 0 Å². The number of unbranched alkanes of at least 4 members (excludes halogenated alkanes) is 1. The lowest BCUT2D eigenvalue weighted by Crippen LogP contribution is -2.25. The van der Waals surface area contributed by atoms with E-state index >= 15 is 0 Å². The van der Waals surface area contributed by atoms with Gasteiger partial charge in [-0.2, -0.15) is 0 Å². The van der Waals surface area contributed by atoms with Crippen LogP contribution in [-0.4, -0.2) is 49.9 Å². The lowest BCUT2D eigenvalue weighted by atomic mass is 10.00. The van der Waals surface area contributed by atoms with Gasteiger partial charge in [0, 0.05) is 27.2 Å². The first-order valence-electron chi connectivity index (χ1n) is 12.0. The molecule has 0 aliphatic rings. The first-order chi connectivity index (χ1) is 15.6. The standard InChI is InChI=1S/C26H41N3O3/c1-5-20(6-2)15-16-27-25(30)10-8-7-9-21-11-13-22(14-12-21)24-17-28-26(29-24)23(18-31-3)19-32-4/h11-14,17,20,23H,5-10,15-16,18-19H2,1-4H3,(H,27,30)(H,28,29). The average Bonchev–Trinajstić information content (AvgIpc) is 3.30. The Kier molecular flexibility index (Phi) is 12.1. The number of hydrogen-bond donors (Lipinski definition) is 2. The number of imidazole rings is 1. The fraction of sp³-hybridized carbons (Fsp3) is 0.615. The van der Waals surface area contributed by atoms with Gasteiger partial charge in [0.05, 0.1) is 31.0 Å². The highest BCUT2D eigenvalue weighted by molar-refractivity contribution is 5.75. The molecule has 2 N–H and O–H groups in total. The largest absolute Gasteiger partial charge is 0.384 e. The predicted octanol–water partition coefficient (Wildman–Crippen LogP) is 5.11. The molecule has 2 aromatic rings. The lowest BCUT2D eigenvalue weighted by molar-refractivity contribution is -0.121. The van der Waals surface area contributed by atoms with Gasteiger partial charge in [0.2, 0.25) is 5.91 Å². The minimum Gasteiger partial charge on any atom is -0.384 e. The quantitative estimate of drug-likeness (QED) is 0.354. The number of carbonyl (C=O) groups excluding carboxylic acids is 1. The minimum atomic E-state index is 0.0925. The van der Waals surface area contributed by atoms with E-state index in [0.717, 1.165) is 55.2 Å². The molecule has 1 amide bonds. The summed E-state index contributed by atoms with van der Waals surface area (Å²) in [5.41, 5.74) is 3.39. The van der Waals surface area contributed by atoms with Crippen LogP contribution in [0.5, 0.6) is 0 Å². The van der Waals surface area contributed by atoms with Gasteiger partial charge in [0.25, 0.3) is 0 Å². The number of nitrogens with one attached hydrogen (secondary N) is 2. The third-order valence-electron chi connectivity index (χ3n) is 6.13. The number of carbonyl (C=O) groups is 1. The molecule has 0 aliphatic carbocycles. The zero-order valence-electron chi connectivity index (χ0n) is 20.3. The normalized spacial score (nSPS) is 11.4. The van der Waals surface area contributed by atoms with E-state index in [4.69, 9.17) is 9.47 Å². The highest BCUT2D eigenvalue weighted by Gasteiger charge is 2.15. The Hall–Kier alpha value is -2.18. The van der Waals surface area contributed by atoms with Gasteiger partial charge < -0.3 is 19.8 Å². The monoisotopic (exact) mass is 443 g/mol. The summed E-state index contributed by atoms with van der Waals surface area (Å²) in [4.78, 5) is 19.9. The molecule has 1 aromatic carbocycles. The van der Waals surface area contributed by atoms with Crippen LogP contribution in [-0.2, 0) is 20.7 Å². The number of nitrogens with zero attached hydrogens (tertiary/aromatic N) is 1. The van der Waals surface area contributed by atoms with E-state index in [-0.39, 0.29) is 11.8 Å². The topological polar surface area (TPSA) is 76.2 Å². The summed E-state index contributed by atoms with van der Waals surface area (Å²) < 4.78 is 10.6. The molecular formula is C26H41N3O3. The van der Waals surface area contributed by atoms with Gasteiger partial charge >= 0.3 is 0 Å². The van der Waals surface area contributed by atoms with Crippen molar-refractivity contribution in [3.63, 3.8) is 0 Å². The number of aryl methyl sites for hydroxylation is 1. The van der Waals surface area contributed by atoms with Crippen molar-refractivity contribution in [1.82, 2.24) is 15.3 Å². The molecule has 178 valence electrons. The summed E-state index contributed by atoms with van der Waals surface area (Å²) in [6, 6.07) is 8.57. The number of benzene rings is 1. The van der Waals surface area contributed by atoms with E-state index in [1.165, 1.54) is 18.4 Å². The van der Waals surface area contributed by atoms with Crippen LogP contribution in [0.2, 0.25) is 0 Å². The molecule has 0 bridgehead atoms. The number of aromatic amines is 1. The number of hydrogen-bond acceptors (Lipinski definition) is 4. The molecule has 6 heteroatoms. The molecule has 0 spiro atoms. The Bertz CT molecular complexity index is 763. The first-order valence-corrected chi connectivity index (χ1v) is 12.0. The van der Waals surface area contributed by atoms with Crippen molar-refractivity contribution in [2.75, 3.05) is 34.0 Å². The van der Waals surface area contributed by atoms with Gasteiger partial charge in [-0.05, 0) is 42.7 Å². The van der Waals surface area contributed by atoms with Gasteiger partial charge in [-0.15, -0.1) is 0 Å². The summed E-state index contributed by atoms with van der Waals surface area (Å²) in [5, 5.41) is 3.07. The molecule has 0 aliphatic heterocycles. The lowest BCUT2D eigenvalue weighted by Gasteiger charge is -2.12. The van der Waals surface area contributed by atoms with Crippen LogP contribution in [0, 0.1) is 5.92 Å². The van der Waals surface area contributed by atoms with Crippen molar-refractivity contribution in [3.8, 4) is 11.3 Å². The summed E-state index contributed by atoms with van der Waals surface area (Å²) in [6.45, 7) is 6.37. The number of methoxy groups -OCH3 is 2. The fourth-order valence-corrected chi connectivity index (χ4v) is 3.97. The molecular weight excluding hydrogens is 402 g/mol. The second-order valence-electron chi connectivity index (χ2n) is 8.51. The Morgan fingerprint density at radius 2 is 1.75 bits per heavy atom. The molecule has 1 heterocycles. The van der Waals surface area contributed by atoms with E-state index in [9.17, 15) is 4.79 Å². The molecule has 0 radical (unpaired) electrons. The van der Waals surface area contributed by atoms with Crippen molar-refractivity contribution >= 4 is 5.91 Å². The van der Waals surface area contributed by atoms with Crippen molar-refractivity contribution in [1.29, 1.82) is 0 Å². The second kappa shape index (κ2) is 14.8. The van der Waals surface area contributed by atoms with Crippen molar-refractivity contribution in [2.24, 2.45) is 5.92 Å². The molecule has 32 heavy (non-hydrogen) atoms. The SMILES string of the molecule is CCC(CC)CCNC(=O)CCCCc1ccc(-c2cnc(C(COC)COC)[nH]2)cc1. The van der Waals surface area contributed by atoms with Crippen LogP contribution in [0.25, 0.3) is 11.3 Å². The van der Waals surface area contributed by atoms with E-state index in [0.29, 0.717) is 19.6 Å². The summed E-state index contributed by atoms with van der Waals surface area (Å²) >= 11 is 0. The van der Waals surface area contributed by atoms with E-state index in [1.54, 1.807) is 14.2 Å². The second-order valence-corrected chi connectivity index (χ2v) is 8.51. The maximum absolute atomic E-state index is 12.0. The third-order valence-corrected chi connectivity index (χ3v) is 6.13. The smallest absolute Gasteiger partial charge is 0.219 e. The van der Waals surface area contributed by atoms with Crippen LogP contribution in [0.15, 0.2) is 30.5 Å².